The zero-order valence-corrected chi connectivity index (χ0v) is 8.80. The lowest BCUT2D eigenvalue weighted by Crippen LogP contribution is -2.16. The molecule has 0 aliphatic heterocycles. The van der Waals surface area contributed by atoms with Crippen LogP contribution < -0.4 is 5.32 Å². The molecule has 2 N–H and O–H groups in total. The lowest BCUT2D eigenvalue weighted by Gasteiger charge is -2.13. The number of hydrogen-bond donors (Lipinski definition) is 2. The van der Waals surface area contributed by atoms with Crippen LogP contribution in [0, 0.1) is 6.92 Å². The van der Waals surface area contributed by atoms with Crippen molar-refractivity contribution < 1.29 is 13.9 Å². The van der Waals surface area contributed by atoms with Gasteiger partial charge in [-0.05, 0) is 31.2 Å². The van der Waals surface area contributed by atoms with Crippen LogP contribution in [0.25, 0.3) is 0 Å². The molecule has 0 saturated carbocycles. The van der Waals surface area contributed by atoms with Crippen molar-refractivity contribution in [2.75, 3.05) is 13.6 Å². The van der Waals surface area contributed by atoms with E-state index in [-0.39, 0.29) is 5.56 Å². The quantitative estimate of drug-likeness (QED) is 0.806. The van der Waals surface area contributed by atoms with Crippen molar-refractivity contribution in [2.24, 2.45) is 0 Å². The molecule has 2 nitrogen and oxygen atoms in total. The van der Waals surface area contributed by atoms with Crippen molar-refractivity contribution in [1.82, 2.24) is 5.32 Å². The summed E-state index contributed by atoms with van der Waals surface area (Å²) >= 11 is 0. The lowest BCUT2D eigenvalue weighted by atomic mass is 10.0. The third-order valence-electron chi connectivity index (χ3n) is 2.32. The maximum absolute atomic E-state index is 12.6. The van der Waals surface area contributed by atoms with Gasteiger partial charge in [-0.3, -0.25) is 0 Å². The Morgan fingerprint density at radius 2 is 2.07 bits per heavy atom. The minimum absolute atomic E-state index is 0.0114. The van der Waals surface area contributed by atoms with Crippen LogP contribution in [0.5, 0.6) is 0 Å². The van der Waals surface area contributed by atoms with E-state index in [2.05, 4.69) is 5.32 Å². The molecule has 1 rings (SSSR count). The molecule has 0 fully saturated rings. The average molecular weight is 215 g/mol. The van der Waals surface area contributed by atoms with Gasteiger partial charge in [-0.1, -0.05) is 12.1 Å². The number of aliphatic hydroxyl groups excluding tert-OH is 1. The van der Waals surface area contributed by atoms with E-state index >= 15 is 0 Å². The molecule has 1 aromatic rings. The Labute approximate surface area is 87.9 Å². The van der Waals surface area contributed by atoms with E-state index < -0.39 is 12.5 Å². The van der Waals surface area contributed by atoms with Crippen molar-refractivity contribution in [1.29, 1.82) is 0 Å². The minimum Gasteiger partial charge on any atom is -0.387 e. The zero-order chi connectivity index (χ0) is 11.4. The molecule has 84 valence electrons. The fourth-order valence-corrected chi connectivity index (χ4v) is 1.41. The van der Waals surface area contributed by atoms with Crippen LogP contribution in [0.1, 0.15) is 29.2 Å². The Kier molecular flexibility index (Phi) is 4.17. The van der Waals surface area contributed by atoms with Gasteiger partial charge >= 0.3 is 0 Å². The van der Waals surface area contributed by atoms with E-state index in [0.29, 0.717) is 17.7 Å². The van der Waals surface area contributed by atoms with E-state index in [0.717, 1.165) is 0 Å². The topological polar surface area (TPSA) is 32.3 Å². The summed E-state index contributed by atoms with van der Waals surface area (Å²) in [7, 11) is 1.70. The molecule has 0 amide bonds. The molecular formula is C11H15F2NO. The summed E-state index contributed by atoms with van der Waals surface area (Å²) in [5.41, 5.74) is 1.05. The van der Waals surface area contributed by atoms with E-state index in [9.17, 15) is 13.9 Å². The van der Waals surface area contributed by atoms with Gasteiger partial charge in [-0.2, -0.15) is 0 Å². The van der Waals surface area contributed by atoms with Gasteiger partial charge in [0.05, 0.1) is 6.10 Å². The first-order valence-electron chi connectivity index (χ1n) is 4.77. The van der Waals surface area contributed by atoms with Crippen LogP contribution in [0.3, 0.4) is 0 Å². The molecular weight excluding hydrogens is 200 g/mol. The van der Waals surface area contributed by atoms with Crippen molar-refractivity contribution in [3.8, 4) is 0 Å². The van der Waals surface area contributed by atoms with Gasteiger partial charge in [-0.25, -0.2) is 8.78 Å². The van der Waals surface area contributed by atoms with Gasteiger partial charge in [0.25, 0.3) is 6.43 Å². The highest BCUT2D eigenvalue weighted by molar-refractivity contribution is 5.33. The van der Waals surface area contributed by atoms with Crippen LogP contribution in [-0.4, -0.2) is 18.7 Å². The largest absolute Gasteiger partial charge is 0.387 e. The number of nitrogens with one attached hydrogen (secondary N) is 1. The average Bonchev–Trinajstić information content (AvgIpc) is 2.18. The standard InChI is InChI=1S/C11H15F2NO/c1-7-3-4-8(10(15)6-14-2)5-9(7)11(12)13/h3-5,10-11,14-15H,6H2,1-2H3. The molecule has 0 spiro atoms. The number of aryl methyl sites for hydroxylation is 1. The summed E-state index contributed by atoms with van der Waals surface area (Å²) in [5.74, 6) is 0. The van der Waals surface area contributed by atoms with Crippen molar-refractivity contribution >= 4 is 0 Å². The molecule has 0 aliphatic carbocycles. The van der Waals surface area contributed by atoms with Crippen LogP contribution in [0.4, 0.5) is 8.78 Å². The normalized spacial score (nSPS) is 13.2. The van der Waals surface area contributed by atoms with Gasteiger partial charge in [0, 0.05) is 12.1 Å². The predicted octanol–water partition coefficient (Wildman–Crippen LogP) is 2.19. The molecule has 0 radical (unpaired) electrons. The Morgan fingerprint density at radius 3 is 2.60 bits per heavy atom. The molecule has 1 unspecified atom stereocenters. The third-order valence-corrected chi connectivity index (χ3v) is 2.32. The monoisotopic (exact) mass is 215 g/mol. The number of rotatable bonds is 4. The molecule has 1 aromatic carbocycles. The maximum Gasteiger partial charge on any atom is 0.264 e. The maximum atomic E-state index is 12.6. The van der Waals surface area contributed by atoms with Gasteiger partial charge in [0.15, 0.2) is 0 Å². The van der Waals surface area contributed by atoms with Gasteiger partial charge in [-0.15, -0.1) is 0 Å². The SMILES string of the molecule is CNCC(O)c1ccc(C)c(C(F)F)c1. The summed E-state index contributed by atoms with van der Waals surface area (Å²) < 4.78 is 25.1. The summed E-state index contributed by atoms with van der Waals surface area (Å²) in [6.45, 7) is 1.99. The molecule has 1 atom stereocenters. The minimum atomic E-state index is -2.49. The van der Waals surface area contributed by atoms with Crippen molar-refractivity contribution in [3.05, 3.63) is 34.9 Å². The summed E-state index contributed by atoms with van der Waals surface area (Å²) in [5, 5.41) is 12.4. The molecule has 4 heteroatoms. The second kappa shape index (κ2) is 5.19. The van der Waals surface area contributed by atoms with Crippen LogP contribution in [-0.2, 0) is 0 Å². The highest BCUT2D eigenvalue weighted by atomic mass is 19.3. The Bertz CT molecular complexity index is 328. The lowest BCUT2D eigenvalue weighted by molar-refractivity contribution is 0.149. The van der Waals surface area contributed by atoms with Crippen LogP contribution in [0.2, 0.25) is 0 Å². The molecule has 0 aliphatic rings. The first kappa shape index (κ1) is 12.1. The highest BCUT2D eigenvalue weighted by Crippen LogP contribution is 2.25. The zero-order valence-electron chi connectivity index (χ0n) is 8.80. The molecule has 0 aromatic heterocycles. The van der Waals surface area contributed by atoms with Crippen molar-refractivity contribution in [2.45, 2.75) is 19.5 Å². The number of halogens is 2. The Balaban J connectivity index is 2.96. The third kappa shape index (κ3) is 2.97. The summed E-state index contributed by atoms with van der Waals surface area (Å²) in [6, 6.07) is 4.64. The first-order valence-corrected chi connectivity index (χ1v) is 4.77. The highest BCUT2D eigenvalue weighted by Gasteiger charge is 2.14. The second-order valence-corrected chi connectivity index (χ2v) is 3.49. The molecule has 0 heterocycles. The number of benzene rings is 1. The van der Waals surface area contributed by atoms with E-state index in [1.807, 2.05) is 0 Å². The summed E-state index contributed by atoms with van der Waals surface area (Å²) in [6.07, 6.45) is -3.24. The molecule has 0 bridgehead atoms. The predicted molar refractivity (Wildman–Crippen MR) is 55.0 cm³/mol. The molecule has 15 heavy (non-hydrogen) atoms. The van der Waals surface area contributed by atoms with E-state index in [1.54, 1.807) is 26.1 Å². The second-order valence-electron chi connectivity index (χ2n) is 3.49. The van der Waals surface area contributed by atoms with Crippen LogP contribution >= 0.6 is 0 Å². The van der Waals surface area contributed by atoms with Gasteiger partial charge in [0.1, 0.15) is 0 Å². The number of alkyl halides is 2. The molecule has 0 saturated heterocycles. The van der Waals surface area contributed by atoms with E-state index in [1.165, 1.54) is 6.07 Å². The Hall–Kier alpha value is -1.00. The fraction of sp³-hybridized carbons (Fsp3) is 0.455. The summed E-state index contributed by atoms with van der Waals surface area (Å²) in [4.78, 5) is 0. The Morgan fingerprint density at radius 1 is 1.40 bits per heavy atom. The number of hydrogen-bond acceptors (Lipinski definition) is 2. The van der Waals surface area contributed by atoms with Crippen molar-refractivity contribution in [3.63, 3.8) is 0 Å². The number of likely N-dealkylation sites (N-methyl/N-ethyl adjacent to an activating group) is 1. The van der Waals surface area contributed by atoms with E-state index in [4.69, 9.17) is 0 Å². The van der Waals surface area contributed by atoms with Gasteiger partial charge in [0.2, 0.25) is 0 Å². The number of aliphatic hydroxyl groups is 1. The van der Waals surface area contributed by atoms with Gasteiger partial charge < -0.3 is 10.4 Å². The van der Waals surface area contributed by atoms with Crippen LogP contribution in [0.15, 0.2) is 18.2 Å². The fourth-order valence-electron chi connectivity index (χ4n) is 1.41. The smallest absolute Gasteiger partial charge is 0.264 e. The first-order chi connectivity index (χ1) is 7.06.